The third kappa shape index (κ3) is 3.85. The topological polar surface area (TPSA) is 73.8 Å². The van der Waals surface area contributed by atoms with Gasteiger partial charge in [-0.3, -0.25) is 9.59 Å². The molecule has 0 aromatic heterocycles. The monoisotopic (exact) mass is 318 g/mol. The third-order valence-electron chi connectivity index (χ3n) is 4.07. The summed E-state index contributed by atoms with van der Waals surface area (Å²) >= 11 is 0. The zero-order chi connectivity index (χ0) is 16.2. The number of halogens is 1. The van der Waals surface area contributed by atoms with E-state index < -0.39 is 0 Å². The van der Waals surface area contributed by atoms with Crippen molar-refractivity contribution in [2.24, 2.45) is 5.10 Å². The number of rotatable bonds is 3. The Morgan fingerprint density at radius 2 is 2.09 bits per heavy atom. The summed E-state index contributed by atoms with van der Waals surface area (Å²) in [6, 6.07) is 6.33. The van der Waals surface area contributed by atoms with Gasteiger partial charge in [0.25, 0.3) is 5.91 Å². The molecule has 1 aromatic carbocycles. The molecule has 7 heteroatoms. The molecular weight excluding hydrogens is 299 g/mol. The second kappa shape index (κ2) is 6.76. The van der Waals surface area contributed by atoms with E-state index in [0.717, 1.165) is 18.5 Å². The first-order valence-corrected chi connectivity index (χ1v) is 7.78. The van der Waals surface area contributed by atoms with E-state index >= 15 is 0 Å². The van der Waals surface area contributed by atoms with Crippen molar-refractivity contribution in [3.8, 4) is 0 Å². The number of piperidine rings is 1. The van der Waals surface area contributed by atoms with Gasteiger partial charge in [-0.05, 0) is 37.1 Å². The number of hydrazone groups is 1. The average molecular weight is 318 g/mol. The van der Waals surface area contributed by atoms with Crippen molar-refractivity contribution >= 4 is 23.2 Å². The van der Waals surface area contributed by atoms with Crippen LogP contribution in [0.3, 0.4) is 0 Å². The maximum absolute atomic E-state index is 12.9. The van der Waals surface area contributed by atoms with Crippen molar-refractivity contribution in [1.29, 1.82) is 0 Å². The Balaban J connectivity index is 1.60. The van der Waals surface area contributed by atoms with Gasteiger partial charge in [0, 0.05) is 37.7 Å². The number of hydrogen-bond acceptors (Lipinski definition) is 4. The van der Waals surface area contributed by atoms with Gasteiger partial charge in [0.05, 0.1) is 0 Å². The standard InChI is InChI=1S/C16H19FN4O2/c17-11-3-5-12(6-4-11)18-13-2-1-9-21(10-13)16(23)14-7-8-15(22)20-19-14/h3-6,13,18H,1-2,7-10H2,(H,20,22)/t13-/m0/s1. The van der Waals surface area contributed by atoms with E-state index in [1.165, 1.54) is 12.1 Å². The van der Waals surface area contributed by atoms with Crippen molar-refractivity contribution in [1.82, 2.24) is 10.3 Å². The molecule has 1 atom stereocenters. The van der Waals surface area contributed by atoms with Crippen molar-refractivity contribution in [3.05, 3.63) is 30.1 Å². The summed E-state index contributed by atoms with van der Waals surface area (Å²) in [7, 11) is 0. The maximum atomic E-state index is 12.9. The average Bonchev–Trinajstić information content (AvgIpc) is 2.57. The van der Waals surface area contributed by atoms with Gasteiger partial charge in [-0.2, -0.15) is 5.10 Å². The smallest absolute Gasteiger partial charge is 0.270 e. The van der Waals surface area contributed by atoms with Crippen LogP contribution < -0.4 is 10.7 Å². The quantitative estimate of drug-likeness (QED) is 0.887. The van der Waals surface area contributed by atoms with E-state index in [2.05, 4.69) is 15.8 Å². The molecule has 1 fully saturated rings. The van der Waals surface area contributed by atoms with Crippen molar-refractivity contribution in [2.75, 3.05) is 18.4 Å². The summed E-state index contributed by atoms with van der Waals surface area (Å²) in [6.07, 6.45) is 2.53. The molecule has 2 aliphatic heterocycles. The SMILES string of the molecule is O=C1CCC(C(=O)N2CCC[C@H](Nc3ccc(F)cc3)C2)=NN1. The van der Waals surface area contributed by atoms with Crippen LogP contribution in [0, 0.1) is 5.82 Å². The van der Waals surface area contributed by atoms with Gasteiger partial charge in [-0.25, -0.2) is 9.82 Å². The summed E-state index contributed by atoms with van der Waals surface area (Å²) < 4.78 is 12.9. The Morgan fingerprint density at radius 1 is 1.30 bits per heavy atom. The minimum absolute atomic E-state index is 0.115. The molecule has 122 valence electrons. The predicted molar refractivity (Wildman–Crippen MR) is 84.4 cm³/mol. The molecule has 0 unspecified atom stereocenters. The van der Waals surface area contributed by atoms with Gasteiger partial charge in [0.2, 0.25) is 5.91 Å². The summed E-state index contributed by atoms with van der Waals surface area (Å²) in [4.78, 5) is 25.3. The Kier molecular flexibility index (Phi) is 4.55. The van der Waals surface area contributed by atoms with Crippen LogP contribution in [-0.4, -0.2) is 41.6 Å². The van der Waals surface area contributed by atoms with Gasteiger partial charge in [-0.15, -0.1) is 0 Å². The van der Waals surface area contributed by atoms with Crippen LogP contribution in [0.1, 0.15) is 25.7 Å². The van der Waals surface area contributed by atoms with E-state index in [9.17, 15) is 14.0 Å². The van der Waals surface area contributed by atoms with Crippen LogP contribution in [0.25, 0.3) is 0 Å². The number of carbonyl (C=O) groups is 2. The minimum Gasteiger partial charge on any atom is -0.381 e. The van der Waals surface area contributed by atoms with Gasteiger partial charge >= 0.3 is 0 Å². The number of likely N-dealkylation sites (tertiary alicyclic amines) is 1. The Bertz CT molecular complexity index is 629. The first-order valence-electron chi connectivity index (χ1n) is 7.78. The lowest BCUT2D eigenvalue weighted by Gasteiger charge is -2.34. The fraction of sp³-hybridized carbons (Fsp3) is 0.438. The molecule has 0 radical (unpaired) electrons. The van der Waals surface area contributed by atoms with Crippen molar-refractivity contribution in [2.45, 2.75) is 31.7 Å². The first kappa shape index (κ1) is 15.5. The van der Waals surface area contributed by atoms with Crippen molar-refractivity contribution in [3.63, 3.8) is 0 Å². The van der Waals surface area contributed by atoms with Gasteiger partial charge < -0.3 is 10.2 Å². The van der Waals surface area contributed by atoms with Crippen LogP contribution in [0.4, 0.5) is 10.1 Å². The number of anilines is 1. The number of carbonyl (C=O) groups excluding carboxylic acids is 2. The third-order valence-corrected chi connectivity index (χ3v) is 4.07. The molecule has 1 aromatic rings. The number of nitrogens with one attached hydrogen (secondary N) is 2. The van der Waals surface area contributed by atoms with E-state index in [4.69, 9.17) is 0 Å². The van der Waals surface area contributed by atoms with Gasteiger partial charge in [0.15, 0.2) is 0 Å². The lowest BCUT2D eigenvalue weighted by atomic mass is 10.0. The number of benzene rings is 1. The Morgan fingerprint density at radius 3 is 2.78 bits per heavy atom. The fourth-order valence-corrected chi connectivity index (χ4v) is 2.87. The maximum Gasteiger partial charge on any atom is 0.270 e. The molecule has 2 aliphatic rings. The van der Waals surface area contributed by atoms with Crippen LogP contribution in [0.2, 0.25) is 0 Å². The van der Waals surface area contributed by atoms with Crippen molar-refractivity contribution < 1.29 is 14.0 Å². The first-order chi connectivity index (χ1) is 11.1. The highest BCUT2D eigenvalue weighted by molar-refractivity contribution is 6.39. The fourth-order valence-electron chi connectivity index (χ4n) is 2.87. The largest absolute Gasteiger partial charge is 0.381 e. The van der Waals surface area contributed by atoms with E-state index in [1.807, 2.05) is 0 Å². The van der Waals surface area contributed by atoms with Gasteiger partial charge in [0.1, 0.15) is 11.5 Å². The molecule has 3 rings (SSSR count). The van der Waals surface area contributed by atoms with E-state index in [1.54, 1.807) is 17.0 Å². The van der Waals surface area contributed by atoms with Gasteiger partial charge in [-0.1, -0.05) is 0 Å². The highest BCUT2D eigenvalue weighted by Gasteiger charge is 2.28. The zero-order valence-electron chi connectivity index (χ0n) is 12.7. The Hall–Kier alpha value is -2.44. The van der Waals surface area contributed by atoms with Crippen LogP contribution in [0.5, 0.6) is 0 Å². The molecule has 2 amide bonds. The van der Waals surface area contributed by atoms with E-state index in [0.29, 0.717) is 31.6 Å². The highest BCUT2D eigenvalue weighted by atomic mass is 19.1. The second-order valence-corrected chi connectivity index (χ2v) is 5.84. The Labute approximate surface area is 133 Å². The predicted octanol–water partition coefficient (Wildman–Crippen LogP) is 1.49. The molecule has 23 heavy (non-hydrogen) atoms. The molecule has 6 nitrogen and oxygen atoms in total. The van der Waals surface area contributed by atoms with Crippen LogP contribution in [-0.2, 0) is 9.59 Å². The minimum atomic E-state index is -0.270. The second-order valence-electron chi connectivity index (χ2n) is 5.84. The number of hydrogen-bond donors (Lipinski definition) is 2. The molecular formula is C16H19FN4O2. The van der Waals surface area contributed by atoms with Crippen LogP contribution in [0.15, 0.2) is 29.4 Å². The summed E-state index contributed by atoms with van der Waals surface area (Å²) in [5, 5.41) is 7.20. The van der Waals surface area contributed by atoms with E-state index in [-0.39, 0.29) is 23.7 Å². The normalized spacial score (nSPS) is 21.4. The lowest BCUT2D eigenvalue weighted by Crippen LogP contribution is -2.48. The molecule has 1 saturated heterocycles. The molecule has 0 bridgehead atoms. The molecule has 0 saturated carbocycles. The molecule has 0 spiro atoms. The molecule has 0 aliphatic carbocycles. The summed E-state index contributed by atoms with van der Waals surface area (Å²) in [6.45, 7) is 1.26. The molecule has 2 N–H and O–H groups in total. The zero-order valence-corrected chi connectivity index (χ0v) is 12.7. The summed E-state index contributed by atoms with van der Waals surface area (Å²) in [5.41, 5.74) is 3.61. The summed E-state index contributed by atoms with van der Waals surface area (Å²) in [5.74, 6) is -0.542. The lowest BCUT2D eigenvalue weighted by molar-refractivity contribution is -0.125. The molecule has 2 heterocycles. The van der Waals surface area contributed by atoms with Crippen LogP contribution >= 0.6 is 0 Å². The highest BCUT2D eigenvalue weighted by Crippen LogP contribution is 2.17. The number of amides is 2. The number of nitrogens with zero attached hydrogens (tertiary/aromatic N) is 2.